The minimum atomic E-state index is -0.405. The Morgan fingerprint density at radius 2 is 2.30 bits per heavy atom. The second kappa shape index (κ2) is 6.57. The van der Waals surface area contributed by atoms with E-state index in [1.54, 1.807) is 13.4 Å². The van der Waals surface area contributed by atoms with E-state index in [1.807, 2.05) is 11.6 Å². The maximum Gasteiger partial charge on any atom is 0.222 e. The summed E-state index contributed by atoms with van der Waals surface area (Å²) in [5.41, 5.74) is -0.250. The molecule has 3 atom stereocenters. The molecule has 1 aromatic heterocycles. The molecule has 0 spiro atoms. The Labute approximate surface area is 136 Å². The van der Waals surface area contributed by atoms with Crippen LogP contribution in [0.1, 0.15) is 50.3 Å². The van der Waals surface area contributed by atoms with Gasteiger partial charge in [0.05, 0.1) is 18.1 Å². The number of aromatic nitrogens is 3. The number of aliphatic hydroxyl groups is 1. The van der Waals surface area contributed by atoms with Crippen molar-refractivity contribution in [3.8, 4) is 0 Å². The van der Waals surface area contributed by atoms with E-state index in [0.29, 0.717) is 19.4 Å². The maximum absolute atomic E-state index is 12.1. The molecule has 0 bridgehead atoms. The van der Waals surface area contributed by atoms with Crippen molar-refractivity contribution >= 4 is 5.91 Å². The Kier molecular flexibility index (Phi) is 4.68. The molecule has 2 N–H and O–H groups in total. The smallest absolute Gasteiger partial charge is 0.222 e. The Morgan fingerprint density at radius 1 is 1.52 bits per heavy atom. The molecule has 1 aromatic rings. The summed E-state index contributed by atoms with van der Waals surface area (Å²) in [6, 6.07) is 0. The number of aryl methyl sites for hydroxylation is 1. The van der Waals surface area contributed by atoms with Crippen molar-refractivity contribution in [3.05, 3.63) is 12.2 Å². The molecule has 2 aliphatic rings. The molecular formula is C16H26N4O3. The van der Waals surface area contributed by atoms with Gasteiger partial charge in [0.1, 0.15) is 12.2 Å². The van der Waals surface area contributed by atoms with E-state index >= 15 is 0 Å². The molecule has 0 radical (unpaired) electrons. The molecule has 2 saturated carbocycles. The molecule has 2 aliphatic carbocycles. The zero-order valence-corrected chi connectivity index (χ0v) is 13.9. The fourth-order valence-corrected chi connectivity index (χ4v) is 3.82. The van der Waals surface area contributed by atoms with Crippen LogP contribution in [0.25, 0.3) is 0 Å². The van der Waals surface area contributed by atoms with E-state index in [2.05, 4.69) is 15.5 Å². The van der Waals surface area contributed by atoms with Crippen LogP contribution >= 0.6 is 0 Å². The Balaban J connectivity index is 1.49. The third-order valence-corrected chi connectivity index (χ3v) is 5.51. The van der Waals surface area contributed by atoms with Gasteiger partial charge in [-0.1, -0.05) is 0 Å². The van der Waals surface area contributed by atoms with E-state index < -0.39 is 6.10 Å². The largest absolute Gasteiger partial charge is 0.393 e. The molecule has 7 heteroatoms. The van der Waals surface area contributed by atoms with Gasteiger partial charge < -0.3 is 19.7 Å². The summed E-state index contributed by atoms with van der Waals surface area (Å²) >= 11 is 0. The number of methoxy groups -OCH3 is 1. The molecule has 0 unspecified atom stereocenters. The van der Waals surface area contributed by atoms with Gasteiger partial charge in [-0.15, -0.1) is 10.2 Å². The highest BCUT2D eigenvalue weighted by Crippen LogP contribution is 2.39. The molecule has 2 fully saturated rings. The number of ether oxygens (including phenoxy) is 1. The van der Waals surface area contributed by atoms with E-state index in [-0.39, 0.29) is 23.3 Å². The zero-order valence-electron chi connectivity index (χ0n) is 13.9. The third-order valence-electron chi connectivity index (χ3n) is 5.51. The summed E-state index contributed by atoms with van der Waals surface area (Å²) in [4.78, 5) is 12.1. The van der Waals surface area contributed by atoms with Crippen LogP contribution < -0.4 is 5.32 Å². The van der Waals surface area contributed by atoms with E-state index in [0.717, 1.165) is 31.5 Å². The van der Waals surface area contributed by atoms with Crippen LogP contribution in [0.15, 0.2) is 6.33 Å². The monoisotopic (exact) mass is 322 g/mol. The first-order valence-electron chi connectivity index (χ1n) is 8.37. The number of nitrogens with zero attached hydrogens (tertiary/aromatic N) is 3. The van der Waals surface area contributed by atoms with Crippen molar-refractivity contribution in [3.63, 3.8) is 0 Å². The van der Waals surface area contributed by atoms with E-state index in [9.17, 15) is 9.90 Å². The molecular weight excluding hydrogens is 296 g/mol. The second-order valence-electron chi connectivity index (χ2n) is 7.02. The molecule has 1 heterocycles. The molecule has 23 heavy (non-hydrogen) atoms. The van der Waals surface area contributed by atoms with E-state index in [4.69, 9.17) is 4.74 Å². The predicted molar refractivity (Wildman–Crippen MR) is 83.7 cm³/mol. The summed E-state index contributed by atoms with van der Waals surface area (Å²) in [6.07, 6.45) is 6.23. The van der Waals surface area contributed by atoms with Gasteiger partial charge in [-0.2, -0.15) is 0 Å². The molecule has 0 aliphatic heterocycles. The summed E-state index contributed by atoms with van der Waals surface area (Å²) in [5.74, 6) is 1.20. The lowest BCUT2D eigenvalue weighted by atomic mass is 9.77. The topological polar surface area (TPSA) is 89.3 Å². The SMILES string of the molecule is COC1(CC(=O)NC[C@H]2C[C@H](c3nncn3C)C[C@H]2O)CCC1. The van der Waals surface area contributed by atoms with Gasteiger partial charge in [0, 0.05) is 32.5 Å². The van der Waals surface area contributed by atoms with Crippen LogP contribution in [0.3, 0.4) is 0 Å². The zero-order chi connectivity index (χ0) is 16.4. The number of hydrogen-bond acceptors (Lipinski definition) is 5. The highest BCUT2D eigenvalue weighted by Gasteiger charge is 2.40. The molecule has 3 rings (SSSR count). The van der Waals surface area contributed by atoms with Crippen LogP contribution in [0, 0.1) is 5.92 Å². The van der Waals surface area contributed by atoms with Gasteiger partial charge in [0.25, 0.3) is 0 Å². The van der Waals surface area contributed by atoms with Crippen molar-refractivity contribution in [1.29, 1.82) is 0 Å². The lowest BCUT2D eigenvalue weighted by Crippen LogP contribution is -2.44. The van der Waals surface area contributed by atoms with Gasteiger partial charge >= 0.3 is 0 Å². The first-order chi connectivity index (χ1) is 11.0. The number of carbonyl (C=O) groups is 1. The lowest BCUT2D eigenvalue weighted by Gasteiger charge is -2.40. The minimum Gasteiger partial charge on any atom is -0.393 e. The summed E-state index contributed by atoms with van der Waals surface area (Å²) < 4.78 is 7.39. The first-order valence-corrected chi connectivity index (χ1v) is 8.37. The highest BCUT2D eigenvalue weighted by atomic mass is 16.5. The number of carbonyl (C=O) groups excluding carboxylic acids is 1. The average molecular weight is 322 g/mol. The van der Waals surface area contributed by atoms with Crippen molar-refractivity contribution in [2.45, 2.75) is 56.1 Å². The number of rotatable bonds is 6. The summed E-state index contributed by atoms with van der Waals surface area (Å²) in [5, 5.41) is 21.3. The van der Waals surface area contributed by atoms with Crippen LogP contribution in [-0.4, -0.2) is 51.1 Å². The maximum atomic E-state index is 12.1. The van der Waals surface area contributed by atoms with Gasteiger partial charge in [-0.3, -0.25) is 4.79 Å². The second-order valence-corrected chi connectivity index (χ2v) is 7.02. The molecule has 1 amide bonds. The normalized spacial score (nSPS) is 29.3. The van der Waals surface area contributed by atoms with Crippen LogP contribution in [0.2, 0.25) is 0 Å². The van der Waals surface area contributed by atoms with Crippen LogP contribution in [0.4, 0.5) is 0 Å². The summed E-state index contributed by atoms with van der Waals surface area (Å²) in [6.45, 7) is 0.508. The standard InChI is InChI=1S/C16H26N4O3/c1-20-10-18-19-15(20)11-6-12(13(21)7-11)9-17-14(22)8-16(23-2)4-3-5-16/h10-13,21H,3-9H2,1-2H3,(H,17,22)/t11-,12+,13+/m0/s1. The predicted octanol–water partition coefficient (Wildman–Crippen LogP) is 0.745. The van der Waals surface area contributed by atoms with Crippen molar-refractivity contribution in [1.82, 2.24) is 20.1 Å². The quantitative estimate of drug-likeness (QED) is 0.806. The fourth-order valence-electron chi connectivity index (χ4n) is 3.82. The lowest BCUT2D eigenvalue weighted by molar-refractivity contribution is -0.134. The van der Waals surface area contributed by atoms with Gasteiger partial charge in [-0.05, 0) is 32.1 Å². The van der Waals surface area contributed by atoms with Crippen LogP contribution in [0.5, 0.6) is 0 Å². The number of nitrogens with one attached hydrogen (secondary N) is 1. The minimum absolute atomic E-state index is 0.0147. The van der Waals surface area contributed by atoms with Crippen molar-refractivity contribution < 1.29 is 14.6 Å². The number of hydrogen-bond donors (Lipinski definition) is 2. The highest BCUT2D eigenvalue weighted by molar-refractivity contribution is 5.77. The van der Waals surface area contributed by atoms with Crippen LogP contribution in [-0.2, 0) is 16.6 Å². The first kappa shape index (κ1) is 16.4. The number of amides is 1. The molecule has 0 aromatic carbocycles. The number of aliphatic hydroxyl groups excluding tert-OH is 1. The van der Waals surface area contributed by atoms with E-state index in [1.165, 1.54) is 0 Å². The third kappa shape index (κ3) is 3.40. The van der Waals surface area contributed by atoms with Crippen molar-refractivity contribution in [2.24, 2.45) is 13.0 Å². The Hall–Kier alpha value is -1.47. The summed E-state index contributed by atoms with van der Waals surface area (Å²) in [7, 11) is 3.60. The Morgan fingerprint density at radius 3 is 2.87 bits per heavy atom. The van der Waals surface area contributed by atoms with Crippen molar-refractivity contribution in [2.75, 3.05) is 13.7 Å². The van der Waals surface area contributed by atoms with Gasteiger partial charge in [0.2, 0.25) is 5.91 Å². The molecule has 7 nitrogen and oxygen atoms in total. The molecule has 0 saturated heterocycles. The van der Waals surface area contributed by atoms with Gasteiger partial charge in [-0.25, -0.2) is 0 Å². The average Bonchev–Trinajstić information content (AvgIpc) is 3.06. The molecule has 128 valence electrons. The Bertz CT molecular complexity index is 550. The van der Waals surface area contributed by atoms with Gasteiger partial charge in [0.15, 0.2) is 0 Å². The fraction of sp³-hybridized carbons (Fsp3) is 0.812.